The lowest BCUT2D eigenvalue weighted by Gasteiger charge is -2.06. The summed E-state index contributed by atoms with van der Waals surface area (Å²) in [4.78, 5) is 1.24. The van der Waals surface area contributed by atoms with Crippen LogP contribution in [0.5, 0.6) is 0 Å². The van der Waals surface area contributed by atoms with Crippen molar-refractivity contribution in [3.8, 4) is 11.1 Å². The predicted molar refractivity (Wildman–Crippen MR) is 72.5 cm³/mol. The Morgan fingerprint density at radius 1 is 0.875 bits per heavy atom. The van der Waals surface area contributed by atoms with Gasteiger partial charge >= 0.3 is 0 Å². The maximum Gasteiger partial charge on any atom is 0.0554 e. The van der Waals surface area contributed by atoms with Gasteiger partial charge in [0.2, 0.25) is 0 Å². The van der Waals surface area contributed by atoms with Crippen LogP contribution in [0.15, 0.2) is 47.4 Å². The van der Waals surface area contributed by atoms with Crippen molar-refractivity contribution < 1.29 is 0 Å². The Morgan fingerprint density at radius 3 is 2.31 bits per heavy atom. The van der Waals surface area contributed by atoms with E-state index in [1.165, 1.54) is 10.5 Å². The fourth-order valence-corrected chi connectivity index (χ4v) is 2.02. The van der Waals surface area contributed by atoms with E-state index in [-0.39, 0.29) is 0 Å². The van der Waals surface area contributed by atoms with Gasteiger partial charge in [-0.05, 0) is 41.6 Å². The van der Waals surface area contributed by atoms with Gasteiger partial charge in [0.25, 0.3) is 0 Å². The molecule has 0 atom stereocenters. The molecule has 2 aromatic rings. The van der Waals surface area contributed by atoms with Crippen molar-refractivity contribution in [2.45, 2.75) is 4.90 Å². The molecule has 0 aliphatic heterocycles. The van der Waals surface area contributed by atoms with Gasteiger partial charge in [0.15, 0.2) is 0 Å². The Labute approximate surface area is 99.7 Å². The molecule has 0 radical (unpaired) electrons. The molecule has 0 bridgehead atoms. The third-order valence-corrected chi connectivity index (χ3v) is 3.22. The number of anilines is 2. The number of rotatable bonds is 2. The summed E-state index contributed by atoms with van der Waals surface area (Å²) in [6.45, 7) is 0. The van der Waals surface area contributed by atoms with Gasteiger partial charge in [-0.25, -0.2) is 0 Å². The SMILES string of the molecule is CSc1cccc(-c2ccc(N)c(N)c2)c1. The molecule has 0 aliphatic rings. The molecule has 4 N–H and O–H groups in total. The van der Waals surface area contributed by atoms with E-state index in [1.807, 2.05) is 24.3 Å². The van der Waals surface area contributed by atoms with Crippen molar-refractivity contribution in [2.24, 2.45) is 0 Å². The molecular formula is C13H14N2S. The second-order valence-electron chi connectivity index (χ2n) is 3.58. The van der Waals surface area contributed by atoms with E-state index < -0.39 is 0 Å². The van der Waals surface area contributed by atoms with Crippen LogP contribution in [0.25, 0.3) is 11.1 Å². The lowest BCUT2D eigenvalue weighted by molar-refractivity contribution is 1.46. The van der Waals surface area contributed by atoms with Gasteiger partial charge < -0.3 is 11.5 Å². The van der Waals surface area contributed by atoms with Crippen LogP contribution in [0.1, 0.15) is 0 Å². The Hall–Kier alpha value is -1.61. The molecular weight excluding hydrogens is 216 g/mol. The Balaban J connectivity index is 2.46. The molecule has 0 saturated carbocycles. The summed E-state index contributed by atoms with van der Waals surface area (Å²) in [5.41, 5.74) is 15.0. The van der Waals surface area contributed by atoms with E-state index in [2.05, 4.69) is 24.5 Å². The zero-order valence-electron chi connectivity index (χ0n) is 9.10. The third-order valence-electron chi connectivity index (χ3n) is 2.49. The van der Waals surface area contributed by atoms with Crippen molar-refractivity contribution >= 4 is 23.1 Å². The average molecular weight is 230 g/mol. The Morgan fingerprint density at radius 2 is 1.62 bits per heavy atom. The maximum atomic E-state index is 5.80. The van der Waals surface area contributed by atoms with Gasteiger partial charge in [0, 0.05) is 4.90 Å². The van der Waals surface area contributed by atoms with Crippen LogP contribution in [-0.2, 0) is 0 Å². The number of nitrogens with two attached hydrogens (primary N) is 2. The highest BCUT2D eigenvalue weighted by molar-refractivity contribution is 7.98. The third kappa shape index (κ3) is 2.14. The van der Waals surface area contributed by atoms with Crippen LogP contribution < -0.4 is 11.5 Å². The van der Waals surface area contributed by atoms with Crippen LogP contribution in [0.4, 0.5) is 11.4 Å². The Bertz CT molecular complexity index is 509. The van der Waals surface area contributed by atoms with Gasteiger partial charge in [-0.2, -0.15) is 0 Å². The molecule has 16 heavy (non-hydrogen) atoms. The van der Waals surface area contributed by atoms with Gasteiger partial charge in [0.1, 0.15) is 0 Å². The topological polar surface area (TPSA) is 52.0 Å². The normalized spacial score (nSPS) is 10.3. The molecule has 0 saturated heterocycles. The van der Waals surface area contributed by atoms with Crippen LogP contribution in [0, 0.1) is 0 Å². The minimum atomic E-state index is 0.629. The highest BCUT2D eigenvalue weighted by Crippen LogP contribution is 2.27. The lowest BCUT2D eigenvalue weighted by atomic mass is 10.0. The summed E-state index contributed by atoms with van der Waals surface area (Å²) < 4.78 is 0. The Kier molecular flexibility index (Phi) is 3.06. The van der Waals surface area contributed by atoms with Gasteiger partial charge in [0.05, 0.1) is 11.4 Å². The minimum Gasteiger partial charge on any atom is -0.397 e. The van der Waals surface area contributed by atoms with Gasteiger partial charge in [-0.15, -0.1) is 11.8 Å². The number of thioether (sulfide) groups is 1. The number of benzene rings is 2. The van der Waals surface area contributed by atoms with Crippen molar-refractivity contribution in [3.63, 3.8) is 0 Å². The molecule has 0 heterocycles. The van der Waals surface area contributed by atoms with E-state index in [0.717, 1.165) is 5.56 Å². The molecule has 2 rings (SSSR count). The molecule has 3 heteroatoms. The van der Waals surface area contributed by atoms with Crippen molar-refractivity contribution in [3.05, 3.63) is 42.5 Å². The van der Waals surface area contributed by atoms with E-state index in [1.54, 1.807) is 11.8 Å². The monoisotopic (exact) mass is 230 g/mol. The molecule has 2 nitrogen and oxygen atoms in total. The van der Waals surface area contributed by atoms with Crippen LogP contribution in [0.3, 0.4) is 0 Å². The molecule has 2 aromatic carbocycles. The van der Waals surface area contributed by atoms with Crippen molar-refractivity contribution in [2.75, 3.05) is 17.7 Å². The van der Waals surface area contributed by atoms with Crippen molar-refractivity contribution in [1.29, 1.82) is 0 Å². The van der Waals surface area contributed by atoms with E-state index in [4.69, 9.17) is 11.5 Å². The van der Waals surface area contributed by atoms with Crippen LogP contribution in [-0.4, -0.2) is 6.26 Å². The summed E-state index contributed by atoms with van der Waals surface area (Å²) in [6, 6.07) is 14.1. The number of hydrogen-bond donors (Lipinski definition) is 2. The van der Waals surface area contributed by atoms with Gasteiger partial charge in [-0.3, -0.25) is 0 Å². The second kappa shape index (κ2) is 4.49. The maximum absolute atomic E-state index is 5.80. The van der Waals surface area contributed by atoms with Gasteiger partial charge in [-0.1, -0.05) is 18.2 Å². The zero-order valence-corrected chi connectivity index (χ0v) is 9.92. The fourth-order valence-electron chi connectivity index (χ4n) is 1.56. The molecule has 0 amide bonds. The number of nitrogen functional groups attached to an aromatic ring is 2. The molecule has 0 aliphatic carbocycles. The molecule has 82 valence electrons. The molecule has 0 fully saturated rings. The summed E-state index contributed by atoms with van der Waals surface area (Å²) >= 11 is 1.73. The summed E-state index contributed by atoms with van der Waals surface area (Å²) in [7, 11) is 0. The first-order valence-electron chi connectivity index (χ1n) is 5.00. The second-order valence-corrected chi connectivity index (χ2v) is 4.46. The highest BCUT2D eigenvalue weighted by Gasteiger charge is 2.01. The van der Waals surface area contributed by atoms with Crippen molar-refractivity contribution in [1.82, 2.24) is 0 Å². The fraction of sp³-hybridized carbons (Fsp3) is 0.0769. The summed E-state index contributed by atoms with van der Waals surface area (Å²) in [5.74, 6) is 0. The quantitative estimate of drug-likeness (QED) is 0.615. The van der Waals surface area contributed by atoms with Crippen LogP contribution in [0.2, 0.25) is 0 Å². The molecule has 0 spiro atoms. The van der Waals surface area contributed by atoms with Crippen LogP contribution >= 0.6 is 11.8 Å². The lowest BCUT2D eigenvalue weighted by Crippen LogP contribution is -1.94. The molecule has 0 unspecified atom stereocenters. The van der Waals surface area contributed by atoms with E-state index in [0.29, 0.717) is 11.4 Å². The smallest absolute Gasteiger partial charge is 0.0554 e. The predicted octanol–water partition coefficient (Wildman–Crippen LogP) is 3.24. The largest absolute Gasteiger partial charge is 0.397 e. The summed E-state index contributed by atoms with van der Waals surface area (Å²) in [5, 5.41) is 0. The highest BCUT2D eigenvalue weighted by atomic mass is 32.2. The first-order valence-corrected chi connectivity index (χ1v) is 6.22. The van der Waals surface area contributed by atoms with E-state index >= 15 is 0 Å². The first kappa shape index (κ1) is 10.9. The van der Waals surface area contributed by atoms with E-state index in [9.17, 15) is 0 Å². The molecule has 0 aromatic heterocycles. The first-order chi connectivity index (χ1) is 7.70. The standard InChI is InChI=1S/C13H14N2S/c1-16-11-4-2-3-9(7-11)10-5-6-12(14)13(15)8-10/h2-8H,14-15H2,1H3. The zero-order chi connectivity index (χ0) is 11.5. The number of hydrogen-bond acceptors (Lipinski definition) is 3. The minimum absolute atomic E-state index is 0.629. The average Bonchev–Trinajstić information content (AvgIpc) is 2.33. The summed E-state index contributed by atoms with van der Waals surface area (Å²) in [6.07, 6.45) is 2.07.